The van der Waals surface area contributed by atoms with E-state index in [2.05, 4.69) is 16.0 Å². The minimum absolute atomic E-state index is 0.311. The molecule has 5 N–H and O–H groups in total. The largest absolute Gasteiger partial charge is 0.483 e. The second-order valence-electron chi connectivity index (χ2n) is 6.53. The van der Waals surface area contributed by atoms with Gasteiger partial charge < -0.3 is 26.4 Å². The Kier molecular flexibility index (Phi) is 6.13. The number of nitrogens with two attached hydrogens (primary N) is 1. The SMILES string of the molecule is CC1=C(C(=O)NCc2ccccc2)[C@H](c2ccccc2OCC(N)=O)NC(=O)N1. The summed E-state index contributed by atoms with van der Waals surface area (Å²) in [6.07, 6.45) is 0. The van der Waals surface area contributed by atoms with E-state index in [1.807, 2.05) is 30.3 Å². The summed E-state index contributed by atoms with van der Waals surface area (Å²) >= 11 is 0. The Bertz CT molecular complexity index is 956. The molecule has 1 aliphatic heterocycles. The Morgan fingerprint density at radius 2 is 1.79 bits per heavy atom. The van der Waals surface area contributed by atoms with Crippen LogP contribution in [0.25, 0.3) is 0 Å². The van der Waals surface area contributed by atoms with Crippen LogP contribution in [0.3, 0.4) is 0 Å². The number of urea groups is 1. The molecule has 8 nitrogen and oxygen atoms in total. The number of allylic oxidation sites excluding steroid dienone is 1. The van der Waals surface area contributed by atoms with Crippen molar-refractivity contribution in [1.29, 1.82) is 0 Å². The minimum atomic E-state index is -0.747. The summed E-state index contributed by atoms with van der Waals surface area (Å²) < 4.78 is 5.48. The first-order valence-electron chi connectivity index (χ1n) is 9.06. The second kappa shape index (κ2) is 8.92. The van der Waals surface area contributed by atoms with Crippen molar-refractivity contribution < 1.29 is 19.1 Å². The molecule has 2 aromatic rings. The number of amides is 4. The monoisotopic (exact) mass is 394 g/mol. The van der Waals surface area contributed by atoms with E-state index in [9.17, 15) is 14.4 Å². The van der Waals surface area contributed by atoms with Gasteiger partial charge in [0.25, 0.3) is 11.8 Å². The van der Waals surface area contributed by atoms with Crippen LogP contribution in [0.1, 0.15) is 24.1 Å². The maximum Gasteiger partial charge on any atom is 0.319 e. The van der Waals surface area contributed by atoms with Crippen LogP contribution < -0.4 is 26.4 Å². The van der Waals surface area contributed by atoms with E-state index in [1.54, 1.807) is 31.2 Å². The Balaban J connectivity index is 1.88. The Morgan fingerprint density at radius 3 is 2.52 bits per heavy atom. The number of benzene rings is 2. The number of hydrogen-bond donors (Lipinski definition) is 4. The molecule has 0 aliphatic carbocycles. The lowest BCUT2D eigenvalue weighted by Gasteiger charge is -2.29. The molecule has 2 aromatic carbocycles. The van der Waals surface area contributed by atoms with Gasteiger partial charge in [-0.05, 0) is 18.6 Å². The Morgan fingerprint density at radius 1 is 1.10 bits per heavy atom. The molecule has 0 saturated carbocycles. The number of hydrogen-bond acceptors (Lipinski definition) is 4. The second-order valence-corrected chi connectivity index (χ2v) is 6.53. The number of nitrogens with one attached hydrogen (secondary N) is 3. The third kappa shape index (κ3) is 4.92. The van der Waals surface area contributed by atoms with Gasteiger partial charge in [-0.1, -0.05) is 48.5 Å². The summed E-state index contributed by atoms with van der Waals surface area (Å²) in [4.78, 5) is 36.2. The third-order valence-corrected chi connectivity index (χ3v) is 4.41. The highest BCUT2D eigenvalue weighted by Crippen LogP contribution is 2.33. The predicted octanol–water partition coefficient (Wildman–Crippen LogP) is 1.49. The molecule has 0 aromatic heterocycles. The van der Waals surface area contributed by atoms with Gasteiger partial charge in [-0.2, -0.15) is 0 Å². The molecule has 0 unspecified atom stereocenters. The number of rotatable bonds is 7. The fraction of sp³-hybridized carbons (Fsp3) is 0.190. The highest BCUT2D eigenvalue weighted by atomic mass is 16.5. The summed E-state index contributed by atoms with van der Waals surface area (Å²) in [5.41, 5.74) is 7.46. The molecule has 0 bridgehead atoms. The molecule has 1 atom stereocenters. The number of primary amides is 1. The van der Waals surface area contributed by atoms with Gasteiger partial charge in [-0.15, -0.1) is 0 Å². The molecule has 1 heterocycles. The van der Waals surface area contributed by atoms with Gasteiger partial charge in [0.1, 0.15) is 5.75 Å². The number of carbonyl (C=O) groups excluding carboxylic acids is 3. The topological polar surface area (TPSA) is 123 Å². The van der Waals surface area contributed by atoms with Crippen molar-refractivity contribution in [2.24, 2.45) is 5.73 Å². The first-order chi connectivity index (χ1) is 14.0. The molecular formula is C21H22N4O4. The average Bonchev–Trinajstić information content (AvgIpc) is 2.71. The first kappa shape index (κ1) is 19.9. The molecule has 3 rings (SSSR count). The normalized spacial score (nSPS) is 15.9. The highest BCUT2D eigenvalue weighted by molar-refractivity contribution is 5.98. The third-order valence-electron chi connectivity index (χ3n) is 4.41. The molecule has 8 heteroatoms. The van der Waals surface area contributed by atoms with Gasteiger partial charge in [-0.25, -0.2) is 4.79 Å². The number of carbonyl (C=O) groups is 3. The van der Waals surface area contributed by atoms with E-state index < -0.39 is 18.0 Å². The van der Waals surface area contributed by atoms with E-state index >= 15 is 0 Å². The fourth-order valence-corrected chi connectivity index (χ4v) is 3.10. The molecule has 4 amide bonds. The van der Waals surface area contributed by atoms with Crippen molar-refractivity contribution in [2.45, 2.75) is 19.5 Å². The lowest BCUT2D eigenvalue weighted by molar-refractivity contribution is -0.120. The summed E-state index contributed by atoms with van der Waals surface area (Å²) in [7, 11) is 0. The zero-order chi connectivity index (χ0) is 20.8. The molecule has 29 heavy (non-hydrogen) atoms. The maximum atomic E-state index is 13.0. The molecule has 0 saturated heterocycles. The van der Waals surface area contributed by atoms with Crippen LogP contribution in [0.15, 0.2) is 65.9 Å². The van der Waals surface area contributed by atoms with Crippen molar-refractivity contribution in [2.75, 3.05) is 6.61 Å². The van der Waals surface area contributed by atoms with Crippen LogP contribution in [0.4, 0.5) is 4.79 Å². The average molecular weight is 394 g/mol. The van der Waals surface area contributed by atoms with E-state index in [0.717, 1.165) is 5.56 Å². The maximum absolute atomic E-state index is 13.0. The smallest absolute Gasteiger partial charge is 0.319 e. The molecule has 150 valence electrons. The zero-order valence-electron chi connectivity index (χ0n) is 15.9. The van der Waals surface area contributed by atoms with Crippen molar-refractivity contribution in [1.82, 2.24) is 16.0 Å². The lowest BCUT2D eigenvalue weighted by Crippen LogP contribution is -2.47. The summed E-state index contributed by atoms with van der Waals surface area (Å²) in [6, 6.07) is 15.2. The van der Waals surface area contributed by atoms with Crippen LogP contribution in [-0.2, 0) is 16.1 Å². The van der Waals surface area contributed by atoms with Gasteiger partial charge in [0.15, 0.2) is 6.61 Å². The van der Waals surface area contributed by atoms with Crippen molar-refractivity contribution >= 4 is 17.8 Å². The van der Waals surface area contributed by atoms with Crippen LogP contribution in [0.5, 0.6) is 5.75 Å². The number of ether oxygens (including phenoxy) is 1. The van der Waals surface area contributed by atoms with Crippen LogP contribution >= 0.6 is 0 Å². The fourth-order valence-electron chi connectivity index (χ4n) is 3.10. The van der Waals surface area contributed by atoms with Crippen LogP contribution in [-0.4, -0.2) is 24.5 Å². The standard InChI is InChI=1S/C21H22N4O4/c1-13-18(20(27)23-11-14-7-3-2-4-8-14)19(25-21(28)24-13)15-9-5-6-10-16(15)29-12-17(22)26/h2-10,19H,11-12H2,1H3,(H2,22,26)(H,23,27)(H2,24,25,28)/t19-/m0/s1. The number of para-hydroxylation sites is 1. The van der Waals surface area contributed by atoms with E-state index in [4.69, 9.17) is 10.5 Å². The van der Waals surface area contributed by atoms with Gasteiger partial charge in [0.2, 0.25) is 0 Å². The molecular weight excluding hydrogens is 372 g/mol. The predicted molar refractivity (Wildman–Crippen MR) is 107 cm³/mol. The molecule has 0 fully saturated rings. The van der Waals surface area contributed by atoms with E-state index in [1.165, 1.54) is 0 Å². The zero-order valence-corrected chi connectivity index (χ0v) is 15.9. The molecule has 0 spiro atoms. The van der Waals surface area contributed by atoms with Gasteiger partial charge in [0, 0.05) is 17.8 Å². The summed E-state index contributed by atoms with van der Waals surface area (Å²) in [6.45, 7) is 1.70. The van der Waals surface area contributed by atoms with E-state index in [-0.39, 0.29) is 12.5 Å². The summed E-state index contributed by atoms with van der Waals surface area (Å²) in [5, 5.41) is 8.27. The van der Waals surface area contributed by atoms with Crippen LogP contribution in [0, 0.1) is 0 Å². The van der Waals surface area contributed by atoms with Gasteiger partial charge in [0.05, 0.1) is 11.6 Å². The quantitative estimate of drug-likeness (QED) is 0.568. The summed E-state index contributed by atoms with van der Waals surface area (Å²) in [5.74, 6) is -0.588. The Labute approximate surface area is 168 Å². The van der Waals surface area contributed by atoms with Gasteiger partial charge in [-0.3, -0.25) is 9.59 Å². The molecule has 1 aliphatic rings. The first-order valence-corrected chi connectivity index (χ1v) is 9.06. The lowest BCUT2D eigenvalue weighted by atomic mass is 9.94. The van der Waals surface area contributed by atoms with Crippen LogP contribution in [0.2, 0.25) is 0 Å². The highest BCUT2D eigenvalue weighted by Gasteiger charge is 2.32. The van der Waals surface area contributed by atoms with Crippen molar-refractivity contribution in [3.63, 3.8) is 0 Å². The molecule has 0 radical (unpaired) electrons. The van der Waals surface area contributed by atoms with E-state index in [0.29, 0.717) is 29.1 Å². The minimum Gasteiger partial charge on any atom is -0.483 e. The Hall–Kier alpha value is -3.81. The van der Waals surface area contributed by atoms with Crippen molar-refractivity contribution in [3.8, 4) is 5.75 Å². The van der Waals surface area contributed by atoms with Crippen molar-refractivity contribution in [3.05, 3.63) is 77.0 Å². The van der Waals surface area contributed by atoms with Gasteiger partial charge >= 0.3 is 6.03 Å².